The van der Waals surface area contributed by atoms with Gasteiger partial charge < -0.3 is 0 Å². The molecule has 0 radical (unpaired) electrons. The average Bonchev–Trinajstić information content (AvgIpc) is 3.90. The molecule has 4 heterocycles. The Morgan fingerprint density at radius 2 is 0.923 bits per heavy atom. The van der Waals surface area contributed by atoms with Crippen LogP contribution in [0.3, 0.4) is 0 Å². The molecule has 0 N–H and O–H groups in total. The molecule has 0 saturated carbocycles. The number of benzene rings is 9. The molecule has 0 saturated heterocycles. The lowest BCUT2D eigenvalue weighted by Crippen LogP contribution is -2.32. The fraction of sp³-hybridized carbons (Fsp3) is 0.0169. The summed E-state index contributed by atoms with van der Waals surface area (Å²) in [4.78, 5) is 23.4. The van der Waals surface area contributed by atoms with Crippen LogP contribution in [0, 0.1) is 0 Å². The summed E-state index contributed by atoms with van der Waals surface area (Å²) in [6, 6.07) is 74.3. The molecular formula is C59H34N4S2. The highest BCUT2D eigenvalue weighted by Crippen LogP contribution is 2.62. The van der Waals surface area contributed by atoms with E-state index in [2.05, 4.69) is 188 Å². The van der Waals surface area contributed by atoms with E-state index in [4.69, 9.17) is 19.9 Å². The van der Waals surface area contributed by atoms with E-state index in [0.717, 1.165) is 44.2 Å². The molecule has 0 amide bonds. The van der Waals surface area contributed by atoms with E-state index < -0.39 is 5.41 Å². The first kappa shape index (κ1) is 36.7. The maximum Gasteiger partial charge on any atom is 0.165 e. The number of pyridine rings is 1. The quantitative estimate of drug-likeness (QED) is 0.165. The van der Waals surface area contributed by atoms with Gasteiger partial charge in [0.1, 0.15) is 0 Å². The highest BCUT2D eigenvalue weighted by Gasteiger charge is 2.50. The molecule has 1 aliphatic heterocycles. The molecule has 1 aliphatic carbocycles. The number of hydrogen-bond donors (Lipinski definition) is 0. The lowest BCUT2D eigenvalue weighted by molar-refractivity contribution is 0.724. The SMILES string of the molecule is c1ccc(-c2nc(-c3ccc(-c4nc5ccccc5c5cc6c(cc45)Sc4ccccc4C64c5ccccc5-c5ccccc54)cc3)nc(-c3cccc4c3sc3ccccc34)n2)cc1. The Morgan fingerprint density at radius 1 is 0.338 bits per heavy atom. The topological polar surface area (TPSA) is 51.6 Å². The van der Waals surface area contributed by atoms with Crippen LogP contribution >= 0.6 is 23.1 Å². The molecule has 0 unspecified atom stereocenters. The molecule has 1 spiro atoms. The molecular weight excluding hydrogens is 829 g/mol. The third kappa shape index (κ3) is 5.39. The lowest BCUT2D eigenvalue weighted by Gasteiger charge is -2.40. The van der Waals surface area contributed by atoms with E-state index in [1.54, 1.807) is 11.3 Å². The molecule has 4 nitrogen and oxygen atoms in total. The van der Waals surface area contributed by atoms with Gasteiger partial charge in [-0.2, -0.15) is 0 Å². The monoisotopic (exact) mass is 862 g/mol. The van der Waals surface area contributed by atoms with Gasteiger partial charge in [0, 0.05) is 63.0 Å². The molecule has 0 fully saturated rings. The van der Waals surface area contributed by atoms with Crippen molar-refractivity contribution < 1.29 is 0 Å². The summed E-state index contributed by atoms with van der Waals surface area (Å²) in [7, 11) is 0. The predicted molar refractivity (Wildman–Crippen MR) is 269 cm³/mol. The second kappa shape index (κ2) is 14.1. The van der Waals surface area contributed by atoms with E-state index in [1.165, 1.54) is 68.7 Å². The van der Waals surface area contributed by atoms with Crippen molar-refractivity contribution in [2.45, 2.75) is 15.2 Å². The van der Waals surface area contributed by atoms with E-state index >= 15 is 0 Å². The summed E-state index contributed by atoms with van der Waals surface area (Å²) in [5, 5.41) is 5.92. The number of fused-ring (bicyclic) bond motifs is 15. The van der Waals surface area contributed by atoms with Crippen LogP contribution in [-0.4, -0.2) is 19.9 Å². The van der Waals surface area contributed by atoms with Gasteiger partial charge >= 0.3 is 0 Å². The average molecular weight is 863 g/mol. The summed E-state index contributed by atoms with van der Waals surface area (Å²) >= 11 is 3.65. The van der Waals surface area contributed by atoms with Crippen molar-refractivity contribution in [2.24, 2.45) is 0 Å². The normalized spacial score (nSPS) is 13.3. The van der Waals surface area contributed by atoms with Crippen LogP contribution in [0.15, 0.2) is 216 Å². The number of thiophene rings is 1. The van der Waals surface area contributed by atoms with E-state index in [0.29, 0.717) is 17.5 Å². The highest BCUT2D eigenvalue weighted by atomic mass is 32.2. The van der Waals surface area contributed by atoms with E-state index in [-0.39, 0.29) is 0 Å². The van der Waals surface area contributed by atoms with Crippen molar-refractivity contribution in [3.63, 3.8) is 0 Å². The predicted octanol–water partition coefficient (Wildman–Crippen LogP) is 15.4. The van der Waals surface area contributed by atoms with Gasteiger partial charge in [0.2, 0.25) is 0 Å². The zero-order valence-corrected chi connectivity index (χ0v) is 36.4. The Hall–Kier alpha value is -7.77. The van der Waals surface area contributed by atoms with Crippen molar-refractivity contribution in [1.82, 2.24) is 19.9 Å². The van der Waals surface area contributed by atoms with Gasteiger partial charge in [-0.15, -0.1) is 11.3 Å². The van der Waals surface area contributed by atoms with Gasteiger partial charge in [-0.3, -0.25) is 0 Å². The van der Waals surface area contributed by atoms with Crippen molar-refractivity contribution >= 4 is 64.9 Å². The minimum absolute atomic E-state index is 0.463. The maximum atomic E-state index is 5.44. The van der Waals surface area contributed by atoms with Crippen molar-refractivity contribution in [1.29, 1.82) is 0 Å². The minimum atomic E-state index is -0.463. The molecule has 2 aliphatic rings. The zero-order chi connectivity index (χ0) is 42.6. The van der Waals surface area contributed by atoms with Gasteiger partial charge in [0.05, 0.1) is 16.6 Å². The van der Waals surface area contributed by atoms with Gasteiger partial charge in [-0.25, -0.2) is 19.9 Å². The lowest BCUT2D eigenvalue weighted by atomic mass is 9.67. The molecule has 302 valence electrons. The Morgan fingerprint density at radius 3 is 1.71 bits per heavy atom. The van der Waals surface area contributed by atoms with Crippen LogP contribution in [0.4, 0.5) is 0 Å². The fourth-order valence-corrected chi connectivity index (χ4v) is 13.0. The first-order valence-corrected chi connectivity index (χ1v) is 23.5. The Kier molecular flexibility index (Phi) is 7.97. The number of rotatable bonds is 4. The molecule has 6 heteroatoms. The van der Waals surface area contributed by atoms with Crippen LogP contribution in [0.25, 0.3) is 98.4 Å². The minimum Gasteiger partial charge on any atom is -0.247 e. The molecule has 0 bridgehead atoms. The Balaban J connectivity index is 0.952. The number of hydrogen-bond acceptors (Lipinski definition) is 6. The van der Waals surface area contributed by atoms with E-state index in [9.17, 15) is 0 Å². The number of nitrogens with zero attached hydrogens (tertiary/aromatic N) is 4. The van der Waals surface area contributed by atoms with Crippen LogP contribution in [0.2, 0.25) is 0 Å². The van der Waals surface area contributed by atoms with Gasteiger partial charge in [-0.1, -0.05) is 182 Å². The van der Waals surface area contributed by atoms with Crippen molar-refractivity contribution in [2.75, 3.05) is 0 Å². The summed E-state index contributed by atoms with van der Waals surface area (Å²) in [5.41, 5.74) is 13.3. The van der Waals surface area contributed by atoms with Gasteiger partial charge in [-0.05, 0) is 75.2 Å². The van der Waals surface area contributed by atoms with Crippen LogP contribution in [0.5, 0.6) is 0 Å². The second-order valence-electron chi connectivity index (χ2n) is 16.8. The fourth-order valence-electron chi connectivity index (χ4n) is 10.6. The molecule has 12 aromatic rings. The molecule has 14 rings (SSSR count). The van der Waals surface area contributed by atoms with E-state index in [1.807, 2.05) is 30.0 Å². The summed E-state index contributed by atoms with van der Waals surface area (Å²) in [6.45, 7) is 0. The first-order valence-electron chi connectivity index (χ1n) is 21.9. The zero-order valence-electron chi connectivity index (χ0n) is 34.7. The molecule has 65 heavy (non-hydrogen) atoms. The largest absolute Gasteiger partial charge is 0.247 e. The van der Waals surface area contributed by atoms with Gasteiger partial charge in [0.25, 0.3) is 0 Å². The summed E-state index contributed by atoms with van der Waals surface area (Å²) in [6.07, 6.45) is 0. The third-order valence-corrected chi connectivity index (χ3v) is 15.8. The molecule has 3 aromatic heterocycles. The van der Waals surface area contributed by atoms with Crippen LogP contribution in [-0.2, 0) is 5.41 Å². The molecule has 0 atom stereocenters. The van der Waals surface area contributed by atoms with Gasteiger partial charge in [0.15, 0.2) is 17.5 Å². The standard InChI is InChI=1S/C59H34N4S2/c1-2-15-36(16-3-1)56-61-57(63-58(62-56)43-22-14-21-42-41-20-7-12-27-51(41)65-55(42)43)37-31-29-35(30-32-37)54-45-34-53-49(33-44(45)40-19-6-11-26-50(40)60-54)59(48-25-10-13-28-52(48)64-53)46-23-8-4-17-38(46)39-18-5-9-24-47(39)59/h1-34H. The van der Waals surface area contributed by atoms with Crippen molar-refractivity contribution in [3.05, 3.63) is 229 Å². The molecule has 9 aromatic carbocycles. The highest BCUT2D eigenvalue weighted by molar-refractivity contribution is 7.99. The summed E-state index contributed by atoms with van der Waals surface area (Å²) in [5.74, 6) is 1.93. The second-order valence-corrected chi connectivity index (χ2v) is 19.0. The number of aromatic nitrogens is 4. The van der Waals surface area contributed by atoms with Crippen LogP contribution < -0.4 is 0 Å². The third-order valence-electron chi connectivity index (χ3n) is 13.4. The summed E-state index contributed by atoms with van der Waals surface area (Å²) < 4.78 is 2.42. The smallest absolute Gasteiger partial charge is 0.165 e. The van der Waals surface area contributed by atoms with Crippen molar-refractivity contribution in [3.8, 4) is 56.5 Å². The Bertz CT molecular complexity index is 3890. The maximum absolute atomic E-state index is 5.44. The first-order chi connectivity index (χ1) is 32.2. The number of para-hydroxylation sites is 1. The Labute approximate surface area is 383 Å². The van der Waals surface area contributed by atoms with Crippen LogP contribution in [0.1, 0.15) is 22.3 Å².